The summed E-state index contributed by atoms with van der Waals surface area (Å²) < 4.78 is 30.4. The Balaban J connectivity index is 1.29. The molecule has 1 saturated carbocycles. The lowest BCUT2D eigenvalue weighted by Gasteiger charge is -2.63. The highest BCUT2D eigenvalue weighted by Gasteiger charge is 2.83. The van der Waals surface area contributed by atoms with Crippen molar-refractivity contribution in [3.8, 4) is 5.75 Å². The third kappa shape index (κ3) is 4.73. The van der Waals surface area contributed by atoms with E-state index in [9.17, 15) is 14.7 Å². The Morgan fingerprint density at radius 3 is 2.49 bits per heavy atom. The molecule has 13 heteroatoms. The number of methoxy groups -OCH3 is 3. The van der Waals surface area contributed by atoms with Gasteiger partial charge in [0.15, 0.2) is 6.10 Å². The lowest BCUT2D eigenvalue weighted by atomic mass is 9.47. The molecular formula is C46H56N4O9. The number of esters is 3. The number of rotatable bonds is 7. The van der Waals surface area contributed by atoms with Crippen LogP contribution in [-0.4, -0.2) is 134 Å². The maximum Gasteiger partial charge on any atom is 0.344 e. The van der Waals surface area contributed by atoms with Crippen LogP contribution in [0.2, 0.25) is 0 Å². The summed E-state index contributed by atoms with van der Waals surface area (Å²) >= 11 is 0. The van der Waals surface area contributed by atoms with Gasteiger partial charge in [-0.3, -0.25) is 19.4 Å². The van der Waals surface area contributed by atoms with Gasteiger partial charge in [-0.15, -0.1) is 0 Å². The monoisotopic (exact) mass is 808 g/mol. The number of hydrogen-bond donors (Lipinski definition) is 2. The fraction of sp³-hybridized carbons (Fsp3) is 0.587. The molecule has 6 aliphatic heterocycles. The summed E-state index contributed by atoms with van der Waals surface area (Å²) in [7, 11) is 6.24. The minimum absolute atomic E-state index is 0.00662. The van der Waals surface area contributed by atoms with Gasteiger partial charge in [0.05, 0.1) is 33.5 Å². The number of para-hydroxylation sites is 1. The number of carbonyl (C=O) groups excluding carboxylic acids is 3. The number of carbonyl (C=O) groups is 3. The molecule has 1 aliphatic carbocycles. The summed E-state index contributed by atoms with van der Waals surface area (Å²) in [4.78, 5) is 54.3. The van der Waals surface area contributed by atoms with Crippen LogP contribution >= 0.6 is 0 Å². The molecule has 2 unspecified atom stereocenters. The number of H-pyrrole nitrogens is 1. The van der Waals surface area contributed by atoms with Crippen molar-refractivity contribution in [2.75, 3.05) is 59.5 Å². The molecule has 1 aromatic heterocycles. The third-order valence-electron chi connectivity index (χ3n) is 16.2. The molecule has 7 aliphatic rings. The van der Waals surface area contributed by atoms with Gasteiger partial charge in [0.2, 0.25) is 5.60 Å². The minimum atomic E-state index is -2.34. The average molecular weight is 809 g/mol. The fourth-order valence-electron chi connectivity index (χ4n) is 14.1. The first-order chi connectivity index (χ1) is 28.3. The normalized spacial score (nSPS) is 40.0. The van der Waals surface area contributed by atoms with E-state index in [4.69, 9.17) is 23.7 Å². The minimum Gasteiger partial charge on any atom is -0.497 e. The Bertz CT molecular complexity index is 2290. The second-order valence-corrected chi connectivity index (χ2v) is 18.3. The fourth-order valence-corrected chi connectivity index (χ4v) is 14.1. The summed E-state index contributed by atoms with van der Waals surface area (Å²) in [6.07, 6.45) is 5.63. The largest absolute Gasteiger partial charge is 0.497 e. The van der Waals surface area contributed by atoms with Crippen molar-refractivity contribution >= 4 is 34.5 Å². The molecule has 3 saturated heterocycles. The van der Waals surface area contributed by atoms with Gasteiger partial charge in [-0.25, -0.2) is 4.79 Å². The predicted molar refractivity (Wildman–Crippen MR) is 218 cm³/mol. The number of fused-ring (bicyclic) bond motifs is 8. The molecular weight excluding hydrogens is 753 g/mol. The van der Waals surface area contributed by atoms with Crippen LogP contribution in [0, 0.1) is 11.3 Å². The van der Waals surface area contributed by atoms with Crippen molar-refractivity contribution in [3.63, 3.8) is 0 Å². The van der Waals surface area contributed by atoms with Gasteiger partial charge < -0.3 is 38.7 Å². The number of likely N-dealkylation sites (N-methyl/N-ethyl adjacent to an activating group) is 1. The number of ether oxygens (including phenoxy) is 5. The topological polar surface area (TPSA) is 146 Å². The molecule has 12 atom stereocenters. The van der Waals surface area contributed by atoms with Crippen LogP contribution in [0.3, 0.4) is 0 Å². The molecule has 2 aromatic carbocycles. The van der Waals surface area contributed by atoms with Gasteiger partial charge >= 0.3 is 17.9 Å². The zero-order chi connectivity index (χ0) is 41.4. The zero-order valence-electron chi connectivity index (χ0n) is 35.1. The Labute approximate surface area is 344 Å². The summed E-state index contributed by atoms with van der Waals surface area (Å²) in [5.74, 6) is -1.20. The second-order valence-electron chi connectivity index (χ2n) is 18.3. The van der Waals surface area contributed by atoms with Gasteiger partial charge in [-0.2, -0.15) is 0 Å². The van der Waals surface area contributed by atoms with E-state index >= 15 is 4.79 Å². The van der Waals surface area contributed by atoms with Gasteiger partial charge in [0.25, 0.3) is 0 Å². The Kier molecular flexibility index (Phi) is 8.56. The number of hydrogen-bond acceptors (Lipinski definition) is 12. The van der Waals surface area contributed by atoms with Crippen molar-refractivity contribution in [3.05, 3.63) is 71.4 Å². The molecule has 7 heterocycles. The van der Waals surface area contributed by atoms with Crippen molar-refractivity contribution in [1.29, 1.82) is 0 Å². The Morgan fingerprint density at radius 2 is 1.78 bits per heavy atom. The van der Waals surface area contributed by atoms with E-state index < -0.39 is 58.0 Å². The number of aromatic amines is 1. The molecule has 1 spiro atoms. The third-order valence-corrected chi connectivity index (χ3v) is 16.2. The first kappa shape index (κ1) is 38.8. The SMILES string of the molecule is CC[C@]12CN3CCc4c([nH]c5ccccc45)[C@@](C(=O)OC)(C4C[C@]56c7ccc(OC)cc7N(C)[C@H]5[C@@](O)(C(=O)OC)[C@H](OC(C)=O)[C@]5(CC)C=CCN4[C@@H]56)C[C@@H](C3)[C@H]1O2. The van der Waals surface area contributed by atoms with Crippen LogP contribution in [0.4, 0.5) is 5.69 Å². The number of anilines is 1. The van der Waals surface area contributed by atoms with E-state index in [1.807, 2.05) is 37.1 Å². The lowest BCUT2D eigenvalue weighted by Crippen LogP contribution is -2.81. The molecule has 4 fully saturated rings. The van der Waals surface area contributed by atoms with Crippen LogP contribution in [0.1, 0.15) is 63.3 Å². The molecule has 0 amide bonds. The Morgan fingerprint density at radius 1 is 1.00 bits per heavy atom. The van der Waals surface area contributed by atoms with E-state index in [2.05, 4.69) is 58.1 Å². The Hall–Kier alpha value is -4.43. The standard InChI is InChI=1S/C46H56N4O9/c1-8-42-18-12-19-50-34(23-44(37(42)50)31-16-15-28(55-5)21-33(31)48(4)38(44)46(54,41(53)57-7)39(42)58-26(3)51)45(40(52)56-6)22-27-24-49(25-43(9-2)36(27)59-43)20-17-30-29-13-10-11-14-32(29)47-35(30)45/h10-16,18,21,27,34,36-39,47,54H,8-9,17,19-20,22-25H2,1-7H3/t27-,34?,36+,37-,38+,39+,42+,43-,44+,45-,46-/m0/s1. The number of nitrogens with one attached hydrogen (secondary N) is 1. The van der Waals surface area contributed by atoms with Crippen molar-refractivity contribution in [2.45, 2.75) is 105 Å². The summed E-state index contributed by atoms with van der Waals surface area (Å²) in [6, 6.07) is 12.3. The van der Waals surface area contributed by atoms with Crippen LogP contribution < -0.4 is 9.64 Å². The van der Waals surface area contributed by atoms with Gasteiger partial charge in [-0.05, 0) is 55.4 Å². The van der Waals surface area contributed by atoms with E-state index in [-0.39, 0.29) is 23.6 Å². The van der Waals surface area contributed by atoms with Gasteiger partial charge in [0.1, 0.15) is 16.8 Å². The number of epoxide rings is 1. The highest BCUT2D eigenvalue weighted by atomic mass is 16.6. The van der Waals surface area contributed by atoms with Gasteiger partial charge in [0, 0.05) is 97.3 Å². The van der Waals surface area contributed by atoms with Crippen LogP contribution in [0.15, 0.2) is 54.6 Å². The number of aromatic nitrogens is 1. The molecule has 3 aromatic rings. The number of piperidine rings is 1. The average Bonchev–Trinajstić information content (AvgIpc) is 3.58. The number of nitrogens with zero attached hydrogens (tertiary/aromatic N) is 3. The van der Waals surface area contributed by atoms with Crippen LogP contribution in [0.25, 0.3) is 10.9 Å². The quantitative estimate of drug-likeness (QED) is 0.154. The predicted octanol–water partition coefficient (Wildman–Crippen LogP) is 4.03. The van der Waals surface area contributed by atoms with Gasteiger partial charge in [-0.1, -0.05) is 50.3 Å². The number of aliphatic hydroxyl groups is 1. The highest BCUT2D eigenvalue weighted by Crippen LogP contribution is 2.70. The highest BCUT2D eigenvalue weighted by molar-refractivity contribution is 5.92. The first-order valence-electron chi connectivity index (χ1n) is 21.3. The van der Waals surface area contributed by atoms with Crippen LogP contribution in [-0.2, 0) is 50.6 Å². The number of benzene rings is 2. The maximum atomic E-state index is 15.7. The van der Waals surface area contributed by atoms with Crippen molar-refractivity contribution in [2.24, 2.45) is 11.3 Å². The first-order valence-corrected chi connectivity index (χ1v) is 21.3. The lowest BCUT2D eigenvalue weighted by molar-refractivity contribution is -0.229. The van der Waals surface area contributed by atoms with Crippen LogP contribution in [0.5, 0.6) is 5.75 Å². The second kappa shape index (κ2) is 13.0. The summed E-state index contributed by atoms with van der Waals surface area (Å²) in [5.41, 5.74) is -1.33. The molecule has 59 heavy (non-hydrogen) atoms. The smallest absolute Gasteiger partial charge is 0.344 e. The molecule has 13 nitrogen and oxygen atoms in total. The molecule has 2 N–H and O–H groups in total. The molecule has 2 bridgehead atoms. The van der Waals surface area contributed by atoms with E-state index in [1.54, 1.807) is 7.11 Å². The molecule has 0 radical (unpaired) electrons. The van der Waals surface area contributed by atoms with Crippen molar-refractivity contribution < 1.29 is 43.2 Å². The maximum absolute atomic E-state index is 15.7. The summed E-state index contributed by atoms with van der Waals surface area (Å²) in [5, 5.41) is 14.6. The summed E-state index contributed by atoms with van der Waals surface area (Å²) in [6.45, 7) is 8.48. The van der Waals surface area contributed by atoms with E-state index in [0.717, 1.165) is 65.9 Å². The van der Waals surface area contributed by atoms with E-state index in [0.29, 0.717) is 31.6 Å². The zero-order valence-corrected chi connectivity index (χ0v) is 35.1. The molecule has 314 valence electrons. The van der Waals surface area contributed by atoms with E-state index in [1.165, 1.54) is 21.1 Å². The van der Waals surface area contributed by atoms with Crippen molar-refractivity contribution in [1.82, 2.24) is 14.8 Å². The molecule has 10 rings (SSSR count).